The molecule has 2 aliphatic heterocycles. The Morgan fingerprint density at radius 3 is 2.76 bits per heavy atom. The third kappa shape index (κ3) is 3.96. The van der Waals surface area contributed by atoms with Gasteiger partial charge >= 0.3 is 0 Å². The van der Waals surface area contributed by atoms with E-state index < -0.39 is 0 Å². The predicted molar refractivity (Wildman–Crippen MR) is 83.3 cm³/mol. The zero-order valence-corrected chi connectivity index (χ0v) is 13.3. The number of halogens is 1. The highest BCUT2D eigenvalue weighted by atomic mass is 35.5. The number of amides is 1. The van der Waals surface area contributed by atoms with E-state index in [9.17, 15) is 4.79 Å². The van der Waals surface area contributed by atoms with Crippen LogP contribution in [0.1, 0.15) is 12.0 Å². The van der Waals surface area contributed by atoms with Gasteiger partial charge in [0.05, 0.1) is 12.1 Å². The molecule has 2 saturated heterocycles. The number of hydrogen-bond donors (Lipinski definition) is 1. The fourth-order valence-electron chi connectivity index (χ4n) is 2.88. The topological polar surface area (TPSA) is 53.4 Å². The van der Waals surface area contributed by atoms with E-state index in [0.717, 1.165) is 52.2 Å². The van der Waals surface area contributed by atoms with E-state index in [-0.39, 0.29) is 18.3 Å². The minimum Gasteiger partial charge on any atom is -0.341 e. The fourth-order valence-corrected chi connectivity index (χ4v) is 2.88. The highest BCUT2D eigenvalue weighted by molar-refractivity contribution is 5.85. The number of rotatable bonds is 3. The van der Waals surface area contributed by atoms with E-state index in [0.29, 0.717) is 5.91 Å². The molecule has 0 saturated carbocycles. The summed E-state index contributed by atoms with van der Waals surface area (Å²) >= 11 is 0. The molecule has 0 bridgehead atoms. The quantitative estimate of drug-likeness (QED) is 0.860. The van der Waals surface area contributed by atoms with Crippen LogP contribution in [0.25, 0.3) is 0 Å². The number of nitrogens with one attached hydrogen (secondary N) is 1. The van der Waals surface area contributed by atoms with Gasteiger partial charge in [-0.1, -0.05) is 0 Å². The van der Waals surface area contributed by atoms with Crippen LogP contribution in [0.15, 0.2) is 12.4 Å². The van der Waals surface area contributed by atoms with Gasteiger partial charge in [-0.15, -0.1) is 12.4 Å². The van der Waals surface area contributed by atoms with E-state index in [1.807, 2.05) is 17.9 Å². The Morgan fingerprint density at radius 1 is 1.33 bits per heavy atom. The van der Waals surface area contributed by atoms with Crippen molar-refractivity contribution in [3.8, 4) is 0 Å². The van der Waals surface area contributed by atoms with Gasteiger partial charge < -0.3 is 10.2 Å². The second-order valence-corrected chi connectivity index (χ2v) is 5.83. The van der Waals surface area contributed by atoms with Gasteiger partial charge in [0.2, 0.25) is 5.91 Å². The Balaban J connectivity index is 0.00000161. The molecule has 1 aromatic rings. The summed E-state index contributed by atoms with van der Waals surface area (Å²) in [5, 5.41) is 7.38. The summed E-state index contributed by atoms with van der Waals surface area (Å²) in [5.74, 6) is 0.562. The van der Waals surface area contributed by atoms with Gasteiger partial charge in [0, 0.05) is 64.6 Å². The number of aromatic nitrogens is 2. The van der Waals surface area contributed by atoms with Gasteiger partial charge in [0.25, 0.3) is 0 Å². The van der Waals surface area contributed by atoms with Gasteiger partial charge in [-0.25, -0.2) is 0 Å². The zero-order valence-electron chi connectivity index (χ0n) is 12.5. The van der Waals surface area contributed by atoms with Crippen molar-refractivity contribution in [1.29, 1.82) is 0 Å². The second-order valence-electron chi connectivity index (χ2n) is 5.83. The molecule has 1 aromatic heterocycles. The van der Waals surface area contributed by atoms with E-state index in [1.165, 1.54) is 5.56 Å². The molecule has 2 aliphatic rings. The zero-order chi connectivity index (χ0) is 13.9. The van der Waals surface area contributed by atoms with Gasteiger partial charge in [0.1, 0.15) is 0 Å². The van der Waals surface area contributed by atoms with Crippen molar-refractivity contribution in [2.24, 2.45) is 13.0 Å². The molecule has 3 heterocycles. The summed E-state index contributed by atoms with van der Waals surface area (Å²) in [5.41, 5.74) is 1.25. The first-order valence-electron chi connectivity index (χ1n) is 7.42. The second kappa shape index (κ2) is 7.24. The summed E-state index contributed by atoms with van der Waals surface area (Å²) < 4.78 is 1.84. The molecular formula is C14H24ClN5O. The van der Waals surface area contributed by atoms with Crippen molar-refractivity contribution in [1.82, 2.24) is 24.9 Å². The molecule has 2 fully saturated rings. The van der Waals surface area contributed by atoms with Crippen LogP contribution in [0.3, 0.4) is 0 Å². The highest BCUT2D eigenvalue weighted by Crippen LogP contribution is 2.13. The van der Waals surface area contributed by atoms with E-state index in [1.54, 1.807) is 0 Å². The lowest BCUT2D eigenvalue weighted by Gasteiger charge is -2.31. The van der Waals surface area contributed by atoms with Crippen LogP contribution in [-0.4, -0.2) is 64.8 Å². The lowest BCUT2D eigenvalue weighted by molar-refractivity contribution is -0.136. The number of hydrogen-bond acceptors (Lipinski definition) is 4. The Hall–Kier alpha value is -1.11. The maximum atomic E-state index is 12.3. The SMILES string of the molecule is Cl.Cn1cc(CN2CCCN(C(=O)C3CNC3)CC2)cn1. The average Bonchev–Trinajstić information content (AvgIpc) is 2.62. The molecule has 0 atom stereocenters. The molecule has 0 aliphatic carbocycles. The molecular weight excluding hydrogens is 290 g/mol. The van der Waals surface area contributed by atoms with Gasteiger partial charge in [-0.2, -0.15) is 5.10 Å². The molecule has 1 amide bonds. The summed E-state index contributed by atoms with van der Waals surface area (Å²) in [6.07, 6.45) is 5.05. The van der Waals surface area contributed by atoms with E-state index in [2.05, 4.69) is 26.4 Å². The molecule has 21 heavy (non-hydrogen) atoms. The molecule has 6 nitrogen and oxygen atoms in total. The molecule has 0 unspecified atom stereocenters. The Kier molecular flexibility index (Phi) is 5.61. The van der Waals surface area contributed by atoms with Crippen LogP contribution in [-0.2, 0) is 18.4 Å². The van der Waals surface area contributed by atoms with Gasteiger partial charge in [-0.3, -0.25) is 14.4 Å². The summed E-state index contributed by atoms with van der Waals surface area (Å²) in [6.45, 7) is 6.42. The maximum absolute atomic E-state index is 12.3. The molecule has 7 heteroatoms. The van der Waals surface area contributed by atoms with Crippen LogP contribution < -0.4 is 5.32 Å². The first-order chi connectivity index (χ1) is 9.72. The normalized spacial score (nSPS) is 20.5. The summed E-state index contributed by atoms with van der Waals surface area (Å²) in [7, 11) is 1.94. The van der Waals surface area contributed by atoms with Crippen molar-refractivity contribution in [2.75, 3.05) is 39.3 Å². The predicted octanol–water partition coefficient (Wildman–Crippen LogP) is 0.0956. The lowest BCUT2D eigenvalue weighted by Crippen LogP contribution is -2.52. The highest BCUT2D eigenvalue weighted by Gasteiger charge is 2.30. The van der Waals surface area contributed by atoms with Crippen LogP contribution in [0.4, 0.5) is 0 Å². The molecule has 0 spiro atoms. The number of aryl methyl sites for hydroxylation is 1. The fraction of sp³-hybridized carbons (Fsp3) is 0.714. The lowest BCUT2D eigenvalue weighted by atomic mass is 10.0. The van der Waals surface area contributed by atoms with Crippen molar-refractivity contribution < 1.29 is 4.79 Å². The standard InChI is InChI=1S/C14H23N5O.ClH/c1-17-10-12(7-16-17)11-18-3-2-4-19(6-5-18)14(20)13-8-15-9-13;/h7,10,13,15H,2-6,8-9,11H2,1H3;1H. The van der Waals surface area contributed by atoms with Crippen LogP contribution in [0.2, 0.25) is 0 Å². The summed E-state index contributed by atoms with van der Waals surface area (Å²) in [4.78, 5) is 16.7. The van der Waals surface area contributed by atoms with Crippen LogP contribution >= 0.6 is 12.4 Å². The smallest absolute Gasteiger partial charge is 0.228 e. The van der Waals surface area contributed by atoms with E-state index >= 15 is 0 Å². The van der Waals surface area contributed by atoms with Gasteiger partial charge in [0.15, 0.2) is 0 Å². The Morgan fingerprint density at radius 2 is 2.14 bits per heavy atom. The third-order valence-electron chi connectivity index (χ3n) is 4.20. The number of nitrogens with zero attached hydrogens (tertiary/aromatic N) is 4. The molecule has 118 valence electrons. The monoisotopic (exact) mass is 313 g/mol. The third-order valence-corrected chi connectivity index (χ3v) is 4.20. The largest absolute Gasteiger partial charge is 0.341 e. The van der Waals surface area contributed by atoms with Gasteiger partial charge in [-0.05, 0) is 6.42 Å². The van der Waals surface area contributed by atoms with Crippen molar-refractivity contribution in [3.63, 3.8) is 0 Å². The minimum absolute atomic E-state index is 0. The first kappa shape index (κ1) is 16.3. The van der Waals surface area contributed by atoms with Crippen molar-refractivity contribution in [3.05, 3.63) is 18.0 Å². The average molecular weight is 314 g/mol. The number of carbonyl (C=O) groups is 1. The maximum Gasteiger partial charge on any atom is 0.228 e. The minimum atomic E-state index is 0. The summed E-state index contributed by atoms with van der Waals surface area (Å²) in [6, 6.07) is 0. The van der Waals surface area contributed by atoms with Crippen molar-refractivity contribution >= 4 is 18.3 Å². The Bertz CT molecular complexity index is 474. The molecule has 0 radical (unpaired) electrons. The molecule has 3 rings (SSSR count). The van der Waals surface area contributed by atoms with Crippen LogP contribution in [0.5, 0.6) is 0 Å². The first-order valence-corrected chi connectivity index (χ1v) is 7.42. The molecule has 0 aromatic carbocycles. The molecule has 1 N–H and O–H groups in total. The van der Waals surface area contributed by atoms with E-state index in [4.69, 9.17) is 0 Å². The van der Waals surface area contributed by atoms with Crippen LogP contribution in [0, 0.1) is 5.92 Å². The Labute approximate surface area is 131 Å². The van der Waals surface area contributed by atoms with Crippen molar-refractivity contribution in [2.45, 2.75) is 13.0 Å². The number of carbonyl (C=O) groups excluding carboxylic acids is 1.